The SMILES string of the molecule is Cc1ccccc1OCC(=O)Nc1ccc(C(=O)N2CCCCCC2)cc1. The van der Waals surface area contributed by atoms with Crippen LogP contribution < -0.4 is 10.1 Å². The van der Waals surface area contributed by atoms with Gasteiger partial charge >= 0.3 is 0 Å². The van der Waals surface area contributed by atoms with Gasteiger partial charge < -0.3 is 15.0 Å². The molecule has 2 aromatic carbocycles. The van der Waals surface area contributed by atoms with Crippen LogP contribution in [0.4, 0.5) is 5.69 Å². The molecule has 5 nitrogen and oxygen atoms in total. The Balaban J connectivity index is 1.53. The molecule has 0 spiro atoms. The Hall–Kier alpha value is -2.82. The zero-order valence-electron chi connectivity index (χ0n) is 15.7. The Morgan fingerprint density at radius 3 is 2.30 bits per heavy atom. The second-order valence-corrected chi connectivity index (χ2v) is 6.89. The van der Waals surface area contributed by atoms with Crippen molar-refractivity contribution in [3.63, 3.8) is 0 Å². The van der Waals surface area contributed by atoms with Crippen LogP contribution in [-0.2, 0) is 4.79 Å². The maximum Gasteiger partial charge on any atom is 0.262 e. The Morgan fingerprint density at radius 2 is 1.63 bits per heavy atom. The Kier molecular flexibility index (Phi) is 6.47. The molecule has 1 saturated heterocycles. The molecule has 27 heavy (non-hydrogen) atoms. The minimum absolute atomic E-state index is 0.0562. The van der Waals surface area contributed by atoms with Gasteiger partial charge in [-0.3, -0.25) is 9.59 Å². The number of carbonyl (C=O) groups is 2. The highest BCUT2D eigenvalue weighted by atomic mass is 16.5. The van der Waals surface area contributed by atoms with Crippen LogP contribution >= 0.6 is 0 Å². The van der Waals surface area contributed by atoms with Crippen LogP contribution in [0.25, 0.3) is 0 Å². The summed E-state index contributed by atoms with van der Waals surface area (Å²) < 4.78 is 5.55. The van der Waals surface area contributed by atoms with Gasteiger partial charge in [-0.25, -0.2) is 0 Å². The van der Waals surface area contributed by atoms with Crippen molar-refractivity contribution in [1.29, 1.82) is 0 Å². The number of ether oxygens (including phenoxy) is 1. The van der Waals surface area contributed by atoms with Crippen molar-refractivity contribution in [2.45, 2.75) is 32.6 Å². The summed E-state index contributed by atoms with van der Waals surface area (Å²) in [6.45, 7) is 3.54. The van der Waals surface area contributed by atoms with E-state index in [-0.39, 0.29) is 18.4 Å². The first kappa shape index (κ1) is 19.0. The zero-order valence-corrected chi connectivity index (χ0v) is 15.7. The summed E-state index contributed by atoms with van der Waals surface area (Å²) in [6, 6.07) is 14.6. The Bertz CT molecular complexity index is 778. The lowest BCUT2D eigenvalue weighted by atomic mass is 10.1. The number of nitrogens with zero attached hydrogens (tertiary/aromatic N) is 1. The van der Waals surface area contributed by atoms with Crippen molar-refractivity contribution >= 4 is 17.5 Å². The monoisotopic (exact) mass is 366 g/mol. The van der Waals surface area contributed by atoms with Crippen LogP contribution in [0.3, 0.4) is 0 Å². The third kappa shape index (κ3) is 5.33. The average Bonchev–Trinajstić information content (AvgIpc) is 2.97. The van der Waals surface area contributed by atoms with E-state index >= 15 is 0 Å². The first-order valence-corrected chi connectivity index (χ1v) is 9.51. The molecule has 0 bridgehead atoms. The molecule has 3 rings (SSSR count). The van der Waals surface area contributed by atoms with E-state index in [4.69, 9.17) is 4.74 Å². The largest absolute Gasteiger partial charge is 0.483 e. The van der Waals surface area contributed by atoms with Gasteiger partial charge in [0.15, 0.2) is 6.61 Å². The number of hydrogen-bond donors (Lipinski definition) is 1. The number of likely N-dealkylation sites (tertiary alicyclic amines) is 1. The van der Waals surface area contributed by atoms with Crippen LogP contribution in [0.5, 0.6) is 5.75 Å². The molecule has 0 radical (unpaired) electrons. The third-order valence-corrected chi connectivity index (χ3v) is 4.76. The van der Waals surface area contributed by atoms with Crippen molar-refractivity contribution in [1.82, 2.24) is 4.90 Å². The predicted molar refractivity (Wildman–Crippen MR) is 106 cm³/mol. The number of hydrogen-bond acceptors (Lipinski definition) is 3. The molecular formula is C22H26N2O3. The zero-order chi connectivity index (χ0) is 19.1. The molecule has 0 unspecified atom stereocenters. The normalized spacial score (nSPS) is 14.3. The van der Waals surface area contributed by atoms with Crippen LogP contribution in [0.2, 0.25) is 0 Å². The average molecular weight is 366 g/mol. The van der Waals surface area contributed by atoms with Crippen LogP contribution in [-0.4, -0.2) is 36.4 Å². The van der Waals surface area contributed by atoms with Crippen molar-refractivity contribution < 1.29 is 14.3 Å². The highest BCUT2D eigenvalue weighted by Crippen LogP contribution is 2.17. The van der Waals surface area contributed by atoms with Crippen LogP contribution in [0, 0.1) is 6.92 Å². The molecule has 1 aliphatic rings. The predicted octanol–water partition coefficient (Wildman–Crippen LogP) is 4.03. The van der Waals surface area contributed by atoms with E-state index in [0.717, 1.165) is 31.5 Å². The summed E-state index contributed by atoms with van der Waals surface area (Å²) in [6.07, 6.45) is 4.53. The summed E-state index contributed by atoms with van der Waals surface area (Å²) in [4.78, 5) is 26.6. The number of anilines is 1. The van der Waals surface area contributed by atoms with E-state index in [9.17, 15) is 9.59 Å². The molecule has 0 saturated carbocycles. The number of carbonyl (C=O) groups excluding carboxylic acids is 2. The lowest BCUT2D eigenvalue weighted by molar-refractivity contribution is -0.118. The Morgan fingerprint density at radius 1 is 0.963 bits per heavy atom. The highest BCUT2D eigenvalue weighted by molar-refractivity contribution is 5.96. The van der Waals surface area contributed by atoms with Crippen molar-refractivity contribution in [2.24, 2.45) is 0 Å². The summed E-state index contributed by atoms with van der Waals surface area (Å²) >= 11 is 0. The fraction of sp³-hybridized carbons (Fsp3) is 0.364. The third-order valence-electron chi connectivity index (χ3n) is 4.76. The number of amides is 2. The summed E-state index contributed by atoms with van der Waals surface area (Å²) in [5.41, 5.74) is 2.30. The molecule has 0 atom stereocenters. The quantitative estimate of drug-likeness (QED) is 0.869. The lowest BCUT2D eigenvalue weighted by Gasteiger charge is -2.20. The number of aryl methyl sites for hydroxylation is 1. The molecule has 2 aromatic rings. The van der Waals surface area contributed by atoms with Gasteiger partial charge in [0, 0.05) is 24.3 Å². The number of para-hydroxylation sites is 1. The number of rotatable bonds is 5. The molecule has 1 aliphatic heterocycles. The minimum Gasteiger partial charge on any atom is -0.483 e. The molecule has 0 aliphatic carbocycles. The summed E-state index contributed by atoms with van der Waals surface area (Å²) in [5, 5.41) is 2.80. The van der Waals surface area contributed by atoms with Gasteiger partial charge in [-0.2, -0.15) is 0 Å². The second-order valence-electron chi connectivity index (χ2n) is 6.89. The van der Waals surface area contributed by atoms with Crippen LogP contribution in [0.1, 0.15) is 41.6 Å². The van der Waals surface area contributed by atoms with E-state index in [0.29, 0.717) is 17.0 Å². The maximum atomic E-state index is 12.6. The summed E-state index contributed by atoms with van der Waals surface area (Å²) in [5.74, 6) is 0.536. The number of nitrogens with one attached hydrogen (secondary N) is 1. The molecule has 0 aromatic heterocycles. The van der Waals surface area contributed by atoms with Gasteiger partial charge in [0.2, 0.25) is 0 Å². The lowest BCUT2D eigenvalue weighted by Crippen LogP contribution is -2.31. The second kappa shape index (κ2) is 9.21. The molecule has 2 amide bonds. The van der Waals surface area contributed by atoms with Crippen molar-refractivity contribution in [3.8, 4) is 5.75 Å². The number of benzene rings is 2. The fourth-order valence-corrected chi connectivity index (χ4v) is 3.21. The minimum atomic E-state index is -0.232. The van der Waals surface area contributed by atoms with Crippen molar-refractivity contribution in [3.05, 3.63) is 59.7 Å². The molecule has 5 heteroatoms. The fourth-order valence-electron chi connectivity index (χ4n) is 3.21. The first-order valence-electron chi connectivity index (χ1n) is 9.51. The topological polar surface area (TPSA) is 58.6 Å². The van der Waals surface area contributed by atoms with Gasteiger partial charge in [0.25, 0.3) is 11.8 Å². The first-order chi connectivity index (χ1) is 13.1. The molecule has 1 heterocycles. The molecule has 1 N–H and O–H groups in total. The van der Waals surface area contributed by atoms with Gasteiger partial charge in [0.05, 0.1) is 0 Å². The molecular weight excluding hydrogens is 340 g/mol. The smallest absolute Gasteiger partial charge is 0.262 e. The standard InChI is InChI=1S/C22H26N2O3/c1-17-8-4-5-9-20(17)27-16-21(25)23-19-12-10-18(11-13-19)22(26)24-14-6-2-3-7-15-24/h4-5,8-13H,2-3,6-7,14-16H2,1H3,(H,23,25). The summed E-state index contributed by atoms with van der Waals surface area (Å²) in [7, 11) is 0. The molecule has 142 valence electrons. The van der Waals surface area contributed by atoms with Gasteiger partial charge in [0.1, 0.15) is 5.75 Å². The molecule has 1 fully saturated rings. The van der Waals surface area contributed by atoms with Gasteiger partial charge in [-0.05, 0) is 55.7 Å². The van der Waals surface area contributed by atoms with E-state index in [1.54, 1.807) is 24.3 Å². The van der Waals surface area contributed by atoms with E-state index in [2.05, 4.69) is 5.32 Å². The van der Waals surface area contributed by atoms with E-state index < -0.39 is 0 Å². The highest BCUT2D eigenvalue weighted by Gasteiger charge is 2.17. The van der Waals surface area contributed by atoms with Gasteiger partial charge in [-0.1, -0.05) is 31.0 Å². The van der Waals surface area contributed by atoms with Crippen LogP contribution in [0.15, 0.2) is 48.5 Å². The van der Waals surface area contributed by atoms with Crippen molar-refractivity contribution in [2.75, 3.05) is 25.0 Å². The van der Waals surface area contributed by atoms with E-state index in [1.807, 2.05) is 36.1 Å². The maximum absolute atomic E-state index is 12.6. The Labute approximate surface area is 160 Å². The van der Waals surface area contributed by atoms with Gasteiger partial charge in [-0.15, -0.1) is 0 Å². The van der Waals surface area contributed by atoms with E-state index in [1.165, 1.54) is 12.8 Å².